The second kappa shape index (κ2) is 45.7. The molecular formula is C69H119N19O20. The average Bonchev–Trinajstić information content (AvgIpc) is 1.66. The topological polar surface area (TPSA) is 618 Å². The van der Waals surface area contributed by atoms with Gasteiger partial charge in [-0.2, -0.15) is 0 Å². The van der Waals surface area contributed by atoms with E-state index in [1.807, 2.05) is 0 Å². The van der Waals surface area contributed by atoms with Crippen LogP contribution in [0, 0.1) is 35.5 Å². The van der Waals surface area contributed by atoms with Crippen LogP contribution >= 0.6 is 0 Å². The third-order valence-corrected chi connectivity index (χ3v) is 17.6. The van der Waals surface area contributed by atoms with E-state index in [0.29, 0.717) is 12.8 Å². The number of carbonyl (C=O) groups excluding carboxylic acids is 15. The Bertz CT molecular complexity index is 3200. The molecule has 0 bridgehead atoms. The van der Waals surface area contributed by atoms with Crippen LogP contribution in [0.4, 0.5) is 0 Å². The number of aliphatic hydroxyl groups is 1. The predicted octanol–water partition coefficient (Wildman–Crippen LogP) is -5.24. The SMILES string of the molecule is CC(C)C[C@H](NC(=O)[C@H](C)NC(=O)[C@H](CC(N)=O)NC(=O)[C@H](CC(C)C)NC(=O)[C@H](CC(=O)O)NC(=O)[C@H](CCCN=C(N)N)NC(=O)[C@@H](N)C(C)C)C(=O)N[C@@H](CC(C)C)C(=O)N1CCC[C@H]1C(=O)N[C@@H](C)C(=O)N[C@H](C(=O)N1CCC[C@H]1C(=O)N[C@@H](CO)C(=O)N[C@@H](CC(C)C)C(=O)NCC(=O)O)C(C)C. The van der Waals surface area contributed by atoms with Gasteiger partial charge in [0.15, 0.2) is 5.96 Å². The van der Waals surface area contributed by atoms with Crippen molar-refractivity contribution < 1.29 is 96.8 Å². The number of nitrogens with zero attached hydrogens (tertiary/aromatic N) is 3. The number of amides is 15. The van der Waals surface area contributed by atoms with Crippen LogP contribution in [0.15, 0.2) is 4.99 Å². The molecule has 2 fully saturated rings. The smallest absolute Gasteiger partial charge is 0.322 e. The van der Waals surface area contributed by atoms with Gasteiger partial charge >= 0.3 is 11.9 Å². The van der Waals surface area contributed by atoms with E-state index < -0.39 is 217 Å². The first-order valence-electron chi connectivity index (χ1n) is 36.7. The van der Waals surface area contributed by atoms with Crippen molar-refractivity contribution in [1.29, 1.82) is 0 Å². The van der Waals surface area contributed by atoms with Gasteiger partial charge < -0.3 is 112 Å². The number of aliphatic hydroxyl groups excluding tert-OH is 1. The second-order valence-corrected chi connectivity index (χ2v) is 29.9. The first-order valence-corrected chi connectivity index (χ1v) is 36.7. The van der Waals surface area contributed by atoms with Crippen LogP contribution in [-0.4, -0.2) is 249 Å². The van der Waals surface area contributed by atoms with E-state index in [0.717, 1.165) is 0 Å². The molecule has 39 heteroatoms. The molecule has 2 heterocycles. The van der Waals surface area contributed by atoms with Crippen LogP contribution in [0.2, 0.25) is 0 Å². The Morgan fingerprint density at radius 1 is 0.417 bits per heavy atom. The summed E-state index contributed by atoms with van der Waals surface area (Å²) in [6, 6.07) is -19.4. The molecule has 0 unspecified atom stereocenters. The molecule has 0 aromatic rings. The number of aliphatic carboxylic acids is 2. The fourth-order valence-corrected chi connectivity index (χ4v) is 11.9. The summed E-state index contributed by atoms with van der Waals surface area (Å²) in [5.41, 5.74) is 22.4. The third kappa shape index (κ3) is 32.3. The lowest BCUT2D eigenvalue weighted by Crippen LogP contribution is -2.61. The largest absolute Gasteiger partial charge is 0.481 e. The minimum absolute atomic E-state index is 0.00768. The Hall–Kier alpha value is -9.82. The molecule has 610 valence electrons. The molecule has 0 aromatic carbocycles. The Morgan fingerprint density at radius 2 is 0.806 bits per heavy atom. The highest BCUT2D eigenvalue weighted by molar-refractivity contribution is 6.01. The summed E-state index contributed by atoms with van der Waals surface area (Å²) in [7, 11) is 0. The Balaban J connectivity index is 2.29. The molecule has 39 nitrogen and oxygen atoms in total. The van der Waals surface area contributed by atoms with Gasteiger partial charge in [0.25, 0.3) is 0 Å². The van der Waals surface area contributed by atoms with Crippen LogP contribution in [-0.2, 0) is 81.5 Å². The quantitative estimate of drug-likeness (QED) is 0.0154. The summed E-state index contributed by atoms with van der Waals surface area (Å²) < 4.78 is 0. The average molecular weight is 1530 g/mol. The molecule has 14 atom stereocenters. The number of hydrogen-bond acceptors (Lipinski definition) is 20. The zero-order valence-corrected chi connectivity index (χ0v) is 64.5. The summed E-state index contributed by atoms with van der Waals surface area (Å²) in [6.07, 6.45) is -0.873. The molecule has 2 aliphatic rings. The minimum Gasteiger partial charge on any atom is -0.481 e. The fourth-order valence-electron chi connectivity index (χ4n) is 11.9. The molecule has 15 amide bonds. The third-order valence-electron chi connectivity index (χ3n) is 17.6. The lowest BCUT2D eigenvalue weighted by atomic mass is 9.99. The highest BCUT2D eigenvalue weighted by Crippen LogP contribution is 2.24. The van der Waals surface area contributed by atoms with E-state index in [-0.39, 0.29) is 107 Å². The van der Waals surface area contributed by atoms with Crippen molar-refractivity contribution in [3.8, 4) is 0 Å². The van der Waals surface area contributed by atoms with Crippen molar-refractivity contribution in [1.82, 2.24) is 73.6 Å². The minimum atomic E-state index is -1.86. The normalized spacial score (nSPS) is 17.5. The van der Waals surface area contributed by atoms with Crippen LogP contribution < -0.4 is 86.7 Å². The molecule has 0 spiro atoms. The summed E-state index contributed by atoms with van der Waals surface area (Å²) in [4.78, 5) is 236. The van der Waals surface area contributed by atoms with Crippen molar-refractivity contribution in [2.24, 2.45) is 63.4 Å². The lowest BCUT2D eigenvalue weighted by Gasteiger charge is -2.32. The second-order valence-electron chi connectivity index (χ2n) is 29.9. The zero-order chi connectivity index (χ0) is 82.3. The van der Waals surface area contributed by atoms with Crippen molar-refractivity contribution in [3.05, 3.63) is 0 Å². The lowest BCUT2D eigenvalue weighted by molar-refractivity contribution is -0.144. The number of carboxylic acid groups (broad SMARTS) is 2. The highest BCUT2D eigenvalue weighted by atomic mass is 16.4. The maximum absolute atomic E-state index is 14.6. The summed E-state index contributed by atoms with van der Waals surface area (Å²) in [6.45, 7) is 21.7. The van der Waals surface area contributed by atoms with Crippen LogP contribution in [0.25, 0.3) is 0 Å². The van der Waals surface area contributed by atoms with E-state index in [4.69, 9.17) is 28.0 Å². The molecule has 108 heavy (non-hydrogen) atoms. The van der Waals surface area contributed by atoms with Gasteiger partial charge in [-0.1, -0.05) is 83.1 Å². The van der Waals surface area contributed by atoms with Gasteiger partial charge in [-0.25, -0.2) is 0 Å². The standard InChI is InChI=1S/C69H119N19O20/c1-32(2)24-41(57(97)75-30-52(93)94)80-63(103)47(31-89)85-65(105)49-20-17-23-88(49)68(108)54(37(11)12)86-56(96)39(14)77-64(104)48-19-16-22-87(48)67(107)46(27-35(7)8)84-61(101)42(25-33(3)4)79-55(95)38(13)76-59(99)44(28-50(70)90)82-60(100)43(26-34(5)6)81-62(102)45(29-51(91)92)83-58(98)40(18-15-21-74-69(72)73)78-66(106)53(71)36(9)10/h32-49,53-54,89H,15-31,71H2,1-14H3,(H2,70,90)(H,75,97)(H,76,99)(H,77,104)(H,78,106)(H,79,95)(H,80,103)(H,81,102)(H,82,100)(H,83,98)(H,84,101)(H,85,105)(H,86,96)(H,91,92)(H,93,94)(H4,72,73,74)/t38-,39-,40-,41-,42-,43-,44-,45-,46-,47-,48-,49-,53-,54-/m0/s1. The van der Waals surface area contributed by atoms with Crippen LogP contribution in [0.1, 0.15) is 174 Å². The number of rotatable bonds is 46. The fraction of sp³-hybridized carbons (Fsp3) is 0.739. The Labute approximate surface area is 629 Å². The number of aliphatic imine (C=N–C) groups is 1. The van der Waals surface area contributed by atoms with Crippen LogP contribution in [0.5, 0.6) is 0 Å². The summed E-state index contributed by atoms with van der Waals surface area (Å²) in [5, 5.41) is 58.8. The highest BCUT2D eigenvalue weighted by Gasteiger charge is 2.44. The molecular weight excluding hydrogens is 1410 g/mol. The summed E-state index contributed by atoms with van der Waals surface area (Å²) in [5.74, 6) is -18.4. The number of carboxylic acids is 2. The van der Waals surface area contributed by atoms with Gasteiger partial charge in [-0.15, -0.1) is 0 Å². The molecule has 0 aromatic heterocycles. The number of nitrogens with two attached hydrogens (primary N) is 4. The predicted molar refractivity (Wildman–Crippen MR) is 391 cm³/mol. The number of carbonyl (C=O) groups is 17. The van der Waals surface area contributed by atoms with Gasteiger partial charge in [-0.05, 0) is 114 Å². The van der Waals surface area contributed by atoms with Crippen LogP contribution in [0.3, 0.4) is 0 Å². The number of likely N-dealkylation sites (tertiary alicyclic amines) is 2. The molecule has 2 aliphatic heterocycles. The number of guanidine groups is 1. The Kier molecular flexibility index (Phi) is 39.9. The van der Waals surface area contributed by atoms with Gasteiger partial charge in [-0.3, -0.25) is 86.5 Å². The molecule has 2 saturated heterocycles. The summed E-state index contributed by atoms with van der Waals surface area (Å²) >= 11 is 0. The van der Waals surface area contributed by atoms with Gasteiger partial charge in [0.2, 0.25) is 88.6 Å². The van der Waals surface area contributed by atoms with Crippen molar-refractivity contribution in [3.63, 3.8) is 0 Å². The maximum atomic E-state index is 14.6. The van der Waals surface area contributed by atoms with E-state index in [9.17, 15) is 91.7 Å². The van der Waals surface area contributed by atoms with Crippen molar-refractivity contribution in [2.45, 2.75) is 259 Å². The number of nitrogens with one attached hydrogen (secondary N) is 12. The molecule has 0 radical (unpaired) electrons. The van der Waals surface area contributed by atoms with E-state index in [1.165, 1.54) is 23.6 Å². The van der Waals surface area contributed by atoms with Gasteiger partial charge in [0.05, 0.1) is 25.5 Å². The van der Waals surface area contributed by atoms with E-state index in [2.05, 4.69) is 68.8 Å². The zero-order valence-electron chi connectivity index (χ0n) is 64.5. The number of hydrogen-bond donors (Lipinski definition) is 19. The first-order chi connectivity index (χ1) is 50.3. The van der Waals surface area contributed by atoms with E-state index >= 15 is 0 Å². The monoisotopic (exact) mass is 1530 g/mol. The number of primary amides is 1. The molecule has 23 N–H and O–H groups in total. The maximum Gasteiger partial charge on any atom is 0.322 e. The molecule has 0 aliphatic carbocycles. The van der Waals surface area contributed by atoms with Gasteiger partial charge in [0.1, 0.15) is 85.1 Å². The Morgan fingerprint density at radius 3 is 1.26 bits per heavy atom. The molecule has 2 rings (SSSR count). The van der Waals surface area contributed by atoms with Crippen molar-refractivity contribution >= 4 is 107 Å². The van der Waals surface area contributed by atoms with Gasteiger partial charge in [0, 0.05) is 19.6 Å². The van der Waals surface area contributed by atoms with Crippen molar-refractivity contribution in [2.75, 3.05) is 32.8 Å². The molecule has 0 saturated carbocycles. The van der Waals surface area contributed by atoms with E-state index in [1.54, 1.807) is 83.1 Å². The first kappa shape index (κ1) is 94.3.